The Kier molecular flexibility index (Phi) is 5.64. The maximum absolute atomic E-state index is 12.6. The van der Waals surface area contributed by atoms with Crippen molar-refractivity contribution in [3.63, 3.8) is 0 Å². The van der Waals surface area contributed by atoms with Crippen molar-refractivity contribution in [3.8, 4) is 5.75 Å². The van der Waals surface area contributed by atoms with Gasteiger partial charge in [-0.1, -0.05) is 30.7 Å². The van der Waals surface area contributed by atoms with Gasteiger partial charge in [-0.3, -0.25) is 4.79 Å². The van der Waals surface area contributed by atoms with E-state index < -0.39 is 6.10 Å². The molecule has 25 heavy (non-hydrogen) atoms. The highest BCUT2D eigenvalue weighted by atomic mass is 35.5. The van der Waals surface area contributed by atoms with Crippen LogP contribution in [-0.4, -0.2) is 12.0 Å². The molecule has 0 heterocycles. The molecule has 2 aromatic rings. The summed E-state index contributed by atoms with van der Waals surface area (Å²) in [5.41, 5.74) is 4.35. The lowest BCUT2D eigenvalue weighted by Gasteiger charge is -2.21. The molecule has 132 valence electrons. The van der Waals surface area contributed by atoms with Gasteiger partial charge in [0.25, 0.3) is 5.91 Å². The molecule has 1 atom stereocenters. The Bertz CT molecular complexity index is 772. The molecule has 3 rings (SSSR count). The molecule has 1 aliphatic carbocycles. The number of ether oxygens (including phenoxy) is 1. The highest BCUT2D eigenvalue weighted by molar-refractivity contribution is 6.31. The van der Waals surface area contributed by atoms with Crippen molar-refractivity contribution in [1.82, 2.24) is 0 Å². The van der Waals surface area contributed by atoms with E-state index >= 15 is 0 Å². The van der Waals surface area contributed by atoms with Crippen LogP contribution < -0.4 is 10.1 Å². The number of fused-ring (bicyclic) bond motifs is 1. The van der Waals surface area contributed by atoms with Crippen LogP contribution in [0.3, 0.4) is 0 Å². The van der Waals surface area contributed by atoms with Gasteiger partial charge in [-0.05, 0) is 80.0 Å². The van der Waals surface area contributed by atoms with Crippen LogP contribution in [0.5, 0.6) is 5.75 Å². The zero-order valence-electron chi connectivity index (χ0n) is 14.8. The minimum Gasteiger partial charge on any atom is -0.481 e. The lowest BCUT2D eigenvalue weighted by atomic mass is 9.92. The normalized spacial score (nSPS) is 14.5. The van der Waals surface area contributed by atoms with Gasteiger partial charge in [0.2, 0.25) is 0 Å². The van der Waals surface area contributed by atoms with Crippen LogP contribution in [0.2, 0.25) is 5.02 Å². The van der Waals surface area contributed by atoms with Crippen molar-refractivity contribution >= 4 is 23.2 Å². The number of aryl methyl sites for hydroxylation is 2. The highest BCUT2D eigenvalue weighted by Crippen LogP contribution is 2.27. The van der Waals surface area contributed by atoms with Gasteiger partial charge in [0.1, 0.15) is 5.75 Å². The van der Waals surface area contributed by atoms with Gasteiger partial charge in [0, 0.05) is 10.7 Å². The van der Waals surface area contributed by atoms with Gasteiger partial charge in [-0.25, -0.2) is 0 Å². The number of carbonyl (C=O) groups excluding carboxylic acids is 1. The van der Waals surface area contributed by atoms with E-state index in [1.54, 1.807) is 0 Å². The molecule has 1 N–H and O–H groups in total. The van der Waals surface area contributed by atoms with Crippen molar-refractivity contribution in [2.75, 3.05) is 5.32 Å². The summed E-state index contributed by atoms with van der Waals surface area (Å²) >= 11 is 6.13. The van der Waals surface area contributed by atoms with E-state index in [0.29, 0.717) is 11.4 Å². The molecule has 0 aromatic heterocycles. The SMILES string of the molecule is CC[C@H](Oc1ccc2c(c1)CCCC2)C(=O)Nc1cccc(Cl)c1C. The Labute approximate surface area is 154 Å². The summed E-state index contributed by atoms with van der Waals surface area (Å²) in [6, 6.07) is 11.7. The molecule has 0 unspecified atom stereocenters. The molecule has 0 fully saturated rings. The zero-order chi connectivity index (χ0) is 17.8. The topological polar surface area (TPSA) is 38.3 Å². The summed E-state index contributed by atoms with van der Waals surface area (Å²) < 4.78 is 5.99. The summed E-state index contributed by atoms with van der Waals surface area (Å²) in [6.45, 7) is 3.84. The maximum Gasteiger partial charge on any atom is 0.265 e. The summed E-state index contributed by atoms with van der Waals surface area (Å²) in [5, 5.41) is 3.58. The van der Waals surface area contributed by atoms with Crippen molar-refractivity contribution in [1.29, 1.82) is 0 Å². The number of benzene rings is 2. The van der Waals surface area contributed by atoms with Gasteiger partial charge in [-0.15, -0.1) is 0 Å². The van der Waals surface area contributed by atoms with E-state index in [1.807, 2.05) is 38.1 Å². The average molecular weight is 358 g/mol. The molecule has 4 heteroatoms. The number of hydrogen-bond donors (Lipinski definition) is 1. The molecule has 3 nitrogen and oxygen atoms in total. The molecule has 0 saturated carbocycles. The molecule has 2 aromatic carbocycles. The summed E-state index contributed by atoms with van der Waals surface area (Å²) in [7, 11) is 0. The summed E-state index contributed by atoms with van der Waals surface area (Å²) in [5.74, 6) is 0.621. The first-order valence-electron chi connectivity index (χ1n) is 8.93. The van der Waals surface area contributed by atoms with E-state index in [9.17, 15) is 4.79 Å². The average Bonchev–Trinajstić information content (AvgIpc) is 2.63. The Morgan fingerprint density at radius 2 is 1.96 bits per heavy atom. The zero-order valence-corrected chi connectivity index (χ0v) is 15.5. The second-order valence-corrected chi connectivity index (χ2v) is 6.96. The monoisotopic (exact) mass is 357 g/mol. The van der Waals surface area contributed by atoms with Gasteiger partial charge < -0.3 is 10.1 Å². The molecular formula is C21H24ClNO2. The number of anilines is 1. The van der Waals surface area contributed by atoms with Crippen molar-refractivity contribution in [2.45, 2.75) is 52.1 Å². The Balaban J connectivity index is 1.71. The van der Waals surface area contributed by atoms with Crippen LogP contribution >= 0.6 is 11.6 Å². The predicted molar refractivity (Wildman–Crippen MR) is 103 cm³/mol. The summed E-state index contributed by atoms with van der Waals surface area (Å²) in [6.07, 6.45) is 4.79. The van der Waals surface area contributed by atoms with E-state index in [2.05, 4.69) is 17.4 Å². The Morgan fingerprint density at radius 1 is 1.20 bits per heavy atom. The van der Waals surface area contributed by atoms with Crippen molar-refractivity contribution in [2.24, 2.45) is 0 Å². The van der Waals surface area contributed by atoms with Gasteiger partial charge >= 0.3 is 0 Å². The minimum atomic E-state index is -0.528. The van der Waals surface area contributed by atoms with E-state index in [0.717, 1.165) is 29.8 Å². The third-order valence-electron chi connectivity index (χ3n) is 4.79. The van der Waals surface area contributed by atoms with Crippen LogP contribution in [0.25, 0.3) is 0 Å². The van der Waals surface area contributed by atoms with Crippen LogP contribution in [0.15, 0.2) is 36.4 Å². The molecule has 0 spiro atoms. The van der Waals surface area contributed by atoms with Crippen molar-refractivity contribution < 1.29 is 9.53 Å². The van der Waals surface area contributed by atoms with E-state index in [1.165, 1.54) is 24.0 Å². The molecule has 1 aliphatic rings. The second kappa shape index (κ2) is 7.92. The molecule has 0 radical (unpaired) electrons. The van der Waals surface area contributed by atoms with Gasteiger partial charge in [-0.2, -0.15) is 0 Å². The lowest BCUT2D eigenvalue weighted by Crippen LogP contribution is -2.32. The fourth-order valence-corrected chi connectivity index (χ4v) is 3.40. The fourth-order valence-electron chi connectivity index (χ4n) is 3.23. The van der Waals surface area contributed by atoms with Crippen LogP contribution in [-0.2, 0) is 17.6 Å². The number of hydrogen-bond acceptors (Lipinski definition) is 2. The second-order valence-electron chi connectivity index (χ2n) is 6.55. The first-order valence-corrected chi connectivity index (χ1v) is 9.30. The van der Waals surface area contributed by atoms with Crippen molar-refractivity contribution in [3.05, 3.63) is 58.1 Å². The number of nitrogens with one attached hydrogen (secondary N) is 1. The number of amides is 1. The number of rotatable bonds is 5. The Morgan fingerprint density at radius 3 is 2.72 bits per heavy atom. The number of carbonyl (C=O) groups is 1. The standard InChI is InChI=1S/C21H24ClNO2/c1-3-20(21(24)23-19-10-6-9-18(22)14(19)2)25-17-12-11-15-7-4-5-8-16(15)13-17/h6,9-13,20H,3-5,7-8H2,1-2H3,(H,23,24)/t20-/m0/s1. The minimum absolute atomic E-state index is 0.148. The molecule has 0 aliphatic heterocycles. The van der Waals surface area contributed by atoms with E-state index in [-0.39, 0.29) is 5.91 Å². The summed E-state index contributed by atoms with van der Waals surface area (Å²) in [4.78, 5) is 12.6. The number of halogens is 1. The third-order valence-corrected chi connectivity index (χ3v) is 5.20. The highest BCUT2D eigenvalue weighted by Gasteiger charge is 2.20. The lowest BCUT2D eigenvalue weighted by molar-refractivity contribution is -0.122. The fraction of sp³-hybridized carbons (Fsp3) is 0.381. The smallest absolute Gasteiger partial charge is 0.265 e. The van der Waals surface area contributed by atoms with Gasteiger partial charge in [0.05, 0.1) is 0 Å². The molecule has 1 amide bonds. The first kappa shape index (κ1) is 17.8. The first-order chi connectivity index (χ1) is 12.1. The van der Waals surface area contributed by atoms with Crippen LogP contribution in [0, 0.1) is 6.92 Å². The van der Waals surface area contributed by atoms with Crippen LogP contribution in [0.1, 0.15) is 42.9 Å². The predicted octanol–water partition coefficient (Wildman–Crippen LogP) is 5.32. The van der Waals surface area contributed by atoms with Gasteiger partial charge in [0.15, 0.2) is 6.10 Å². The molecule has 0 saturated heterocycles. The molecular weight excluding hydrogens is 334 g/mol. The third kappa shape index (κ3) is 4.16. The van der Waals surface area contributed by atoms with E-state index in [4.69, 9.17) is 16.3 Å². The Hall–Kier alpha value is -2.00. The molecule has 0 bridgehead atoms. The quantitative estimate of drug-likeness (QED) is 0.786. The van der Waals surface area contributed by atoms with Crippen LogP contribution in [0.4, 0.5) is 5.69 Å². The maximum atomic E-state index is 12.6. The largest absolute Gasteiger partial charge is 0.481 e.